The molecule has 4 rings (SSSR count). The molecule has 8 heteroatoms. The molecule has 7 nitrogen and oxygen atoms in total. The van der Waals surface area contributed by atoms with E-state index in [1.165, 1.54) is 28.5 Å². The van der Waals surface area contributed by atoms with E-state index in [4.69, 9.17) is 10.5 Å². The Morgan fingerprint density at radius 2 is 1.93 bits per heavy atom. The van der Waals surface area contributed by atoms with E-state index in [1.807, 2.05) is 18.4 Å². The van der Waals surface area contributed by atoms with Crippen LogP contribution in [0.4, 0.5) is 5.82 Å². The van der Waals surface area contributed by atoms with Crippen molar-refractivity contribution in [3.63, 3.8) is 0 Å². The largest absolute Gasteiger partial charge is 0.387 e. The number of rotatable bonds is 7. The lowest BCUT2D eigenvalue weighted by Crippen LogP contribution is -2.16. The van der Waals surface area contributed by atoms with Crippen molar-refractivity contribution in [2.75, 3.05) is 12.2 Å². The summed E-state index contributed by atoms with van der Waals surface area (Å²) in [5, 5.41) is 1.24. The van der Waals surface area contributed by atoms with Gasteiger partial charge in [0.2, 0.25) is 0 Å². The highest BCUT2D eigenvalue weighted by Gasteiger charge is 2.14. The summed E-state index contributed by atoms with van der Waals surface area (Å²) >= 11 is 0. The van der Waals surface area contributed by atoms with Crippen molar-refractivity contribution in [2.45, 2.75) is 20.6 Å². The topological polar surface area (TPSA) is 83.8 Å². The summed E-state index contributed by atoms with van der Waals surface area (Å²) in [7, 11) is 0.738. The maximum Gasteiger partial charge on any atom is 0.268 e. The fourth-order valence-corrected chi connectivity index (χ4v) is 3.58. The lowest BCUT2D eigenvalue weighted by molar-refractivity contribution is 0.114. The number of hydrogen-bond acceptors (Lipinski definition) is 5. The van der Waals surface area contributed by atoms with Crippen molar-refractivity contribution in [1.82, 2.24) is 24.0 Å². The second-order valence-corrected chi connectivity index (χ2v) is 6.65. The average Bonchev–Trinajstić information content (AvgIpc) is 3.27. The van der Waals surface area contributed by atoms with Gasteiger partial charge in [0.05, 0.1) is 6.33 Å². The van der Waals surface area contributed by atoms with Gasteiger partial charge < -0.3 is 14.9 Å². The summed E-state index contributed by atoms with van der Waals surface area (Å²) in [4.78, 5) is 12.5. The van der Waals surface area contributed by atoms with Crippen LogP contribution < -0.4 is 5.73 Å². The molecule has 0 aliphatic rings. The van der Waals surface area contributed by atoms with Gasteiger partial charge in [-0.05, 0) is 26.0 Å². The fourth-order valence-electron chi connectivity index (χ4n) is 3.58. The molecule has 0 atom stereocenters. The van der Waals surface area contributed by atoms with E-state index < -0.39 is 0 Å². The van der Waals surface area contributed by atoms with Crippen LogP contribution in [0.25, 0.3) is 34.2 Å². The second kappa shape index (κ2) is 8.32. The first kappa shape index (κ1) is 19.0. The number of benzene rings is 1. The summed E-state index contributed by atoms with van der Waals surface area (Å²) in [6.45, 7) is 4.99. The van der Waals surface area contributed by atoms with E-state index in [0.717, 1.165) is 7.41 Å². The molecule has 146 valence electrons. The predicted octanol–water partition coefficient (Wildman–Crippen LogP) is 3.26. The Kier molecular flexibility index (Phi) is 5.44. The Hall–Kier alpha value is -3.39. The molecule has 1 aromatic carbocycles. The Labute approximate surface area is 169 Å². The fraction of sp³-hybridized carbons (Fsp3) is 0.190. The number of anilines is 1. The number of imidazole rings is 1. The lowest BCUT2D eigenvalue weighted by Gasteiger charge is -2.09. The summed E-state index contributed by atoms with van der Waals surface area (Å²) in [6.07, 6.45) is 11.6. The van der Waals surface area contributed by atoms with Crippen LogP contribution in [0.5, 0.6) is 0 Å². The van der Waals surface area contributed by atoms with Gasteiger partial charge in [0.25, 0.3) is 7.41 Å². The van der Waals surface area contributed by atoms with Crippen LogP contribution >= 0.6 is 0 Å². The van der Waals surface area contributed by atoms with Gasteiger partial charge >= 0.3 is 0 Å². The number of ether oxygens (including phenoxy) is 1. The maximum atomic E-state index is 5.94. The van der Waals surface area contributed by atoms with Crippen LogP contribution in [0.3, 0.4) is 0 Å². The molecule has 0 unspecified atom stereocenters. The minimum Gasteiger partial charge on any atom is -0.387 e. The number of nitrogen functional groups attached to an aromatic ring is 1. The zero-order valence-electron chi connectivity index (χ0n) is 16.6. The first-order chi connectivity index (χ1) is 14.2. The van der Waals surface area contributed by atoms with Crippen LogP contribution in [0.1, 0.15) is 25.1 Å². The van der Waals surface area contributed by atoms with Crippen molar-refractivity contribution in [1.29, 1.82) is 0 Å². The Bertz CT molecular complexity index is 1210. The number of fused-ring (bicyclic) bond motifs is 2. The van der Waals surface area contributed by atoms with Gasteiger partial charge in [-0.15, -0.1) is 0 Å². The van der Waals surface area contributed by atoms with Crippen LogP contribution in [-0.4, -0.2) is 37.9 Å². The molecule has 0 saturated carbocycles. The number of nitrogens with zero attached hydrogens (tertiary/aromatic N) is 5. The molecule has 0 fully saturated rings. The molecule has 0 aliphatic carbocycles. The monoisotopic (exact) mass is 386 g/mol. The van der Waals surface area contributed by atoms with Gasteiger partial charge in [-0.25, -0.2) is 15.0 Å². The standard InChI is InChI=1S/C21H23BN6O/c1-3-7-15-16-9-5-6-10-18(16)28(17(15)8-4-2)22-11-29-14-27-13-26-19-20(23)24-12-25-21(19)27/h3-10,12-13,22H,11,14H2,1-2H3,(H2,23,24,25)/b7-3-,8-4-. The number of para-hydroxylation sites is 1. The second-order valence-electron chi connectivity index (χ2n) is 6.65. The highest BCUT2D eigenvalue weighted by molar-refractivity contribution is 6.36. The van der Waals surface area contributed by atoms with Crippen LogP contribution in [0.2, 0.25) is 0 Å². The van der Waals surface area contributed by atoms with Crippen molar-refractivity contribution in [3.05, 3.63) is 60.3 Å². The third-order valence-electron chi connectivity index (χ3n) is 4.83. The summed E-state index contributed by atoms with van der Waals surface area (Å²) < 4.78 is 10.1. The molecular weight excluding hydrogens is 363 g/mol. The van der Waals surface area contributed by atoms with Gasteiger partial charge in [-0.2, -0.15) is 0 Å². The Morgan fingerprint density at radius 1 is 1.10 bits per heavy atom. The average molecular weight is 386 g/mol. The number of aromatic nitrogens is 5. The zero-order valence-corrected chi connectivity index (χ0v) is 16.6. The lowest BCUT2D eigenvalue weighted by atomic mass is 9.95. The van der Waals surface area contributed by atoms with E-state index >= 15 is 0 Å². The SMILES string of the molecule is C/C=C\c1c(/C=C\C)n(BCOCn2cnc3c(N)ncnc32)c2ccccc12. The first-order valence-corrected chi connectivity index (χ1v) is 9.60. The van der Waals surface area contributed by atoms with E-state index in [0.29, 0.717) is 30.2 Å². The molecule has 0 spiro atoms. The smallest absolute Gasteiger partial charge is 0.268 e. The normalized spacial score (nSPS) is 12.1. The van der Waals surface area contributed by atoms with Crippen LogP contribution in [-0.2, 0) is 11.5 Å². The Morgan fingerprint density at radius 3 is 2.76 bits per heavy atom. The molecule has 0 aliphatic heterocycles. The molecule has 0 bridgehead atoms. The van der Waals surface area contributed by atoms with Crippen LogP contribution in [0.15, 0.2) is 49.1 Å². The van der Waals surface area contributed by atoms with Crippen LogP contribution in [0, 0.1) is 0 Å². The number of allylic oxidation sites excluding steroid dienone is 2. The summed E-state index contributed by atoms with van der Waals surface area (Å²) in [5.74, 6) is 0.375. The van der Waals surface area contributed by atoms with E-state index in [2.05, 4.69) is 68.0 Å². The van der Waals surface area contributed by atoms with Gasteiger partial charge in [0, 0.05) is 28.7 Å². The first-order valence-electron chi connectivity index (χ1n) is 9.60. The Balaban J connectivity index is 1.55. The molecule has 2 N–H and O–H groups in total. The van der Waals surface area contributed by atoms with Gasteiger partial charge in [-0.1, -0.05) is 36.4 Å². The molecule has 3 heterocycles. The van der Waals surface area contributed by atoms with E-state index in [9.17, 15) is 0 Å². The highest BCUT2D eigenvalue weighted by atomic mass is 16.5. The van der Waals surface area contributed by atoms with Crippen molar-refractivity contribution in [3.8, 4) is 0 Å². The summed E-state index contributed by atoms with van der Waals surface area (Å²) in [5.41, 5.74) is 10.7. The van der Waals surface area contributed by atoms with E-state index in [1.54, 1.807) is 6.33 Å². The van der Waals surface area contributed by atoms with Crippen molar-refractivity contribution >= 4 is 47.5 Å². The minimum atomic E-state index is 0.354. The summed E-state index contributed by atoms with van der Waals surface area (Å²) in [6, 6.07) is 8.46. The third-order valence-corrected chi connectivity index (χ3v) is 4.83. The molecule has 0 amide bonds. The van der Waals surface area contributed by atoms with Gasteiger partial charge in [-0.3, -0.25) is 4.57 Å². The van der Waals surface area contributed by atoms with Crippen molar-refractivity contribution in [2.24, 2.45) is 0 Å². The molecular formula is C21H23BN6O. The molecule has 4 aromatic rings. The molecule has 0 saturated heterocycles. The molecule has 29 heavy (non-hydrogen) atoms. The number of nitrogens with two attached hydrogens (primary N) is 1. The highest BCUT2D eigenvalue weighted by Crippen LogP contribution is 2.28. The quantitative estimate of drug-likeness (QED) is 0.389. The minimum absolute atomic E-state index is 0.354. The van der Waals surface area contributed by atoms with Crippen molar-refractivity contribution < 1.29 is 4.74 Å². The molecule has 3 aromatic heterocycles. The van der Waals surface area contributed by atoms with Gasteiger partial charge in [0.15, 0.2) is 11.5 Å². The van der Waals surface area contributed by atoms with E-state index in [-0.39, 0.29) is 0 Å². The predicted molar refractivity (Wildman–Crippen MR) is 120 cm³/mol. The zero-order chi connectivity index (χ0) is 20.2. The number of hydrogen-bond donors (Lipinski definition) is 1. The maximum absolute atomic E-state index is 5.94. The van der Waals surface area contributed by atoms with Gasteiger partial charge in [0.1, 0.15) is 18.6 Å². The third kappa shape index (κ3) is 3.54. The molecule has 0 radical (unpaired) electrons.